The number of benzene rings is 4. The standard InChI is InChI=1S/C25H18S/c1-17-14-15-19(18-8-3-2-4-9-18)16-22(17)20-11-7-13-24-25(20)21-10-5-6-12-23(21)26-24/h2-16H,1H3. The van der Waals surface area contributed by atoms with Crippen molar-refractivity contribution in [2.45, 2.75) is 6.92 Å². The van der Waals surface area contributed by atoms with Gasteiger partial charge >= 0.3 is 0 Å². The van der Waals surface area contributed by atoms with Gasteiger partial charge in [0.25, 0.3) is 0 Å². The highest BCUT2D eigenvalue weighted by atomic mass is 32.1. The lowest BCUT2D eigenvalue weighted by Crippen LogP contribution is -1.87. The first-order valence-electron chi connectivity index (χ1n) is 8.88. The fourth-order valence-corrected chi connectivity index (χ4v) is 4.85. The molecule has 0 bridgehead atoms. The van der Waals surface area contributed by atoms with Crippen molar-refractivity contribution in [1.29, 1.82) is 0 Å². The fourth-order valence-electron chi connectivity index (χ4n) is 3.72. The molecule has 0 radical (unpaired) electrons. The number of fused-ring (bicyclic) bond motifs is 3. The Bertz CT molecular complexity index is 1230. The molecule has 0 unspecified atom stereocenters. The zero-order valence-corrected chi connectivity index (χ0v) is 15.4. The monoisotopic (exact) mass is 350 g/mol. The van der Waals surface area contributed by atoms with Crippen molar-refractivity contribution in [1.82, 2.24) is 0 Å². The number of thiophene rings is 1. The summed E-state index contributed by atoms with van der Waals surface area (Å²) < 4.78 is 2.71. The maximum absolute atomic E-state index is 2.34. The van der Waals surface area contributed by atoms with Gasteiger partial charge in [-0.2, -0.15) is 0 Å². The predicted octanol–water partition coefficient (Wildman–Crippen LogP) is 7.70. The third kappa shape index (κ3) is 2.44. The van der Waals surface area contributed by atoms with E-state index in [1.54, 1.807) is 0 Å². The van der Waals surface area contributed by atoms with Crippen molar-refractivity contribution < 1.29 is 0 Å². The minimum absolute atomic E-state index is 1.26. The molecule has 0 aliphatic carbocycles. The molecule has 0 saturated carbocycles. The van der Waals surface area contributed by atoms with E-state index in [1.807, 2.05) is 11.3 Å². The van der Waals surface area contributed by atoms with Crippen LogP contribution in [-0.2, 0) is 0 Å². The Labute approximate surface area is 157 Å². The molecular formula is C25H18S. The molecule has 0 spiro atoms. The van der Waals surface area contributed by atoms with E-state index in [9.17, 15) is 0 Å². The lowest BCUT2D eigenvalue weighted by atomic mass is 9.92. The van der Waals surface area contributed by atoms with Gasteiger partial charge in [0.15, 0.2) is 0 Å². The van der Waals surface area contributed by atoms with Crippen molar-refractivity contribution in [2.75, 3.05) is 0 Å². The van der Waals surface area contributed by atoms with Gasteiger partial charge < -0.3 is 0 Å². The normalized spacial score (nSPS) is 11.3. The Balaban J connectivity index is 1.81. The first-order valence-corrected chi connectivity index (χ1v) is 9.69. The van der Waals surface area contributed by atoms with Crippen LogP contribution in [0.4, 0.5) is 0 Å². The minimum atomic E-state index is 1.26. The van der Waals surface area contributed by atoms with Gasteiger partial charge in [-0.1, -0.05) is 72.8 Å². The molecule has 0 aliphatic rings. The molecule has 1 heteroatoms. The summed E-state index contributed by atoms with van der Waals surface area (Å²) in [6.07, 6.45) is 0. The van der Waals surface area contributed by atoms with Crippen LogP contribution in [0.2, 0.25) is 0 Å². The number of rotatable bonds is 2. The summed E-state index contributed by atoms with van der Waals surface area (Å²) in [6, 6.07) is 32.8. The molecule has 5 rings (SSSR count). The van der Waals surface area contributed by atoms with Crippen molar-refractivity contribution in [2.24, 2.45) is 0 Å². The van der Waals surface area contributed by atoms with E-state index < -0.39 is 0 Å². The lowest BCUT2D eigenvalue weighted by Gasteiger charge is -2.11. The molecule has 0 N–H and O–H groups in total. The molecule has 0 fully saturated rings. The summed E-state index contributed by atoms with van der Waals surface area (Å²) in [5.41, 5.74) is 6.49. The van der Waals surface area contributed by atoms with E-state index in [1.165, 1.54) is 48.0 Å². The third-order valence-electron chi connectivity index (χ3n) is 5.04. The molecule has 26 heavy (non-hydrogen) atoms. The van der Waals surface area contributed by atoms with Gasteiger partial charge in [-0.15, -0.1) is 11.3 Å². The Kier molecular flexibility index (Phi) is 3.62. The second-order valence-corrected chi connectivity index (χ2v) is 7.76. The zero-order chi connectivity index (χ0) is 17.5. The number of aryl methyl sites for hydroxylation is 1. The molecule has 124 valence electrons. The van der Waals surface area contributed by atoms with E-state index in [0.29, 0.717) is 0 Å². The van der Waals surface area contributed by atoms with Crippen molar-refractivity contribution in [3.05, 3.63) is 96.6 Å². The molecule has 0 aliphatic heterocycles. The second kappa shape index (κ2) is 6.12. The molecule has 0 atom stereocenters. The van der Waals surface area contributed by atoms with Crippen molar-refractivity contribution in [3.63, 3.8) is 0 Å². The molecule has 5 aromatic rings. The van der Waals surface area contributed by atoms with Crippen LogP contribution < -0.4 is 0 Å². The summed E-state index contributed by atoms with van der Waals surface area (Å²) in [5, 5.41) is 2.73. The smallest absolute Gasteiger partial charge is 0.0361 e. The Hall–Kier alpha value is -2.90. The van der Waals surface area contributed by atoms with Crippen LogP contribution in [-0.4, -0.2) is 0 Å². The maximum atomic E-state index is 2.34. The quantitative estimate of drug-likeness (QED) is 0.306. The molecule has 4 aromatic carbocycles. The van der Waals surface area contributed by atoms with Crippen LogP contribution in [0.15, 0.2) is 91.0 Å². The van der Waals surface area contributed by atoms with Crippen molar-refractivity contribution in [3.8, 4) is 22.3 Å². The van der Waals surface area contributed by atoms with Gasteiger partial charge in [-0.05, 0) is 52.9 Å². The Morgan fingerprint density at radius 3 is 2.23 bits per heavy atom. The summed E-state index contributed by atoms with van der Waals surface area (Å²) in [7, 11) is 0. The van der Waals surface area contributed by atoms with E-state index in [0.717, 1.165) is 0 Å². The van der Waals surface area contributed by atoms with Gasteiger partial charge in [0.2, 0.25) is 0 Å². The first-order chi connectivity index (χ1) is 12.8. The van der Waals surface area contributed by atoms with E-state index in [-0.39, 0.29) is 0 Å². The molecule has 1 heterocycles. The Morgan fingerprint density at radius 2 is 1.35 bits per heavy atom. The summed E-state index contributed by atoms with van der Waals surface area (Å²) in [6.45, 7) is 2.21. The second-order valence-electron chi connectivity index (χ2n) is 6.67. The van der Waals surface area contributed by atoms with Gasteiger partial charge in [0.1, 0.15) is 0 Å². The largest absolute Gasteiger partial charge is 0.135 e. The van der Waals surface area contributed by atoms with Gasteiger partial charge in [-0.25, -0.2) is 0 Å². The van der Waals surface area contributed by atoms with E-state index >= 15 is 0 Å². The molecule has 1 aromatic heterocycles. The average Bonchev–Trinajstić information content (AvgIpc) is 3.08. The van der Waals surface area contributed by atoms with Crippen LogP contribution >= 0.6 is 11.3 Å². The molecular weight excluding hydrogens is 332 g/mol. The predicted molar refractivity (Wildman–Crippen MR) is 115 cm³/mol. The first kappa shape index (κ1) is 15.4. The highest BCUT2D eigenvalue weighted by Crippen LogP contribution is 2.41. The van der Waals surface area contributed by atoms with Crippen molar-refractivity contribution >= 4 is 31.5 Å². The fraction of sp³-hybridized carbons (Fsp3) is 0.0400. The van der Waals surface area contributed by atoms with Gasteiger partial charge in [0, 0.05) is 20.2 Å². The van der Waals surface area contributed by atoms with Crippen LogP contribution in [0.5, 0.6) is 0 Å². The zero-order valence-electron chi connectivity index (χ0n) is 14.6. The van der Waals surface area contributed by atoms with Crippen LogP contribution in [0.1, 0.15) is 5.56 Å². The lowest BCUT2D eigenvalue weighted by molar-refractivity contribution is 1.46. The summed E-state index contributed by atoms with van der Waals surface area (Å²) >= 11 is 1.88. The SMILES string of the molecule is Cc1ccc(-c2ccccc2)cc1-c1cccc2sc3ccccc3c12. The highest BCUT2D eigenvalue weighted by Gasteiger charge is 2.12. The number of hydrogen-bond donors (Lipinski definition) is 0. The average molecular weight is 350 g/mol. The van der Waals surface area contributed by atoms with Gasteiger partial charge in [0.05, 0.1) is 0 Å². The summed E-state index contributed by atoms with van der Waals surface area (Å²) in [4.78, 5) is 0. The summed E-state index contributed by atoms with van der Waals surface area (Å²) in [5.74, 6) is 0. The number of hydrogen-bond acceptors (Lipinski definition) is 1. The van der Waals surface area contributed by atoms with E-state index in [2.05, 4.69) is 97.9 Å². The van der Waals surface area contributed by atoms with E-state index in [4.69, 9.17) is 0 Å². The minimum Gasteiger partial charge on any atom is -0.135 e. The maximum Gasteiger partial charge on any atom is 0.0361 e. The highest BCUT2D eigenvalue weighted by molar-refractivity contribution is 7.25. The van der Waals surface area contributed by atoms with Crippen LogP contribution in [0, 0.1) is 6.92 Å². The topological polar surface area (TPSA) is 0 Å². The van der Waals surface area contributed by atoms with Crippen LogP contribution in [0.3, 0.4) is 0 Å². The molecule has 0 amide bonds. The molecule has 0 saturated heterocycles. The van der Waals surface area contributed by atoms with Gasteiger partial charge in [-0.3, -0.25) is 0 Å². The third-order valence-corrected chi connectivity index (χ3v) is 6.17. The molecule has 0 nitrogen and oxygen atoms in total. The van der Waals surface area contributed by atoms with Crippen LogP contribution in [0.25, 0.3) is 42.4 Å². The Morgan fingerprint density at radius 1 is 0.577 bits per heavy atom.